The van der Waals surface area contributed by atoms with Gasteiger partial charge in [0.15, 0.2) is 0 Å². The van der Waals surface area contributed by atoms with Crippen LogP contribution in [-0.4, -0.2) is 70.6 Å². The zero-order valence-corrected chi connectivity index (χ0v) is 16.6. The zero-order chi connectivity index (χ0) is 21.0. The Morgan fingerprint density at radius 2 is 2.07 bits per heavy atom. The molecule has 8 nitrogen and oxygen atoms in total. The van der Waals surface area contributed by atoms with Gasteiger partial charge in [0.2, 0.25) is 5.91 Å². The number of rotatable bonds is 5. The molecule has 29 heavy (non-hydrogen) atoms. The lowest BCUT2D eigenvalue weighted by atomic mass is 9.89. The second kappa shape index (κ2) is 8.59. The van der Waals surface area contributed by atoms with Crippen LogP contribution in [0.5, 0.6) is 0 Å². The van der Waals surface area contributed by atoms with E-state index in [1.807, 2.05) is 0 Å². The average molecular weight is 397 g/mol. The first kappa shape index (κ1) is 20.8. The number of terminal acetylenes is 1. The number of piperidine rings is 1. The fourth-order valence-corrected chi connectivity index (χ4v) is 4.12. The normalized spacial score (nSPS) is 25.9. The molecule has 1 amide bonds. The van der Waals surface area contributed by atoms with Crippen LogP contribution < -0.4 is 10.6 Å². The number of carbonyl (C=O) groups is 2. The molecule has 0 saturated carbocycles. The minimum absolute atomic E-state index is 0.131. The van der Waals surface area contributed by atoms with Gasteiger partial charge in [0.1, 0.15) is 11.9 Å². The summed E-state index contributed by atoms with van der Waals surface area (Å²) >= 11 is 0. The van der Waals surface area contributed by atoms with Crippen LogP contribution in [0.4, 0.5) is 0 Å². The van der Waals surface area contributed by atoms with Crippen molar-refractivity contribution < 1.29 is 14.7 Å². The summed E-state index contributed by atoms with van der Waals surface area (Å²) in [6.07, 6.45) is 11.8. The number of amides is 1. The molecule has 3 N–H and O–H groups in total. The van der Waals surface area contributed by atoms with E-state index in [0.717, 1.165) is 31.8 Å². The summed E-state index contributed by atoms with van der Waals surface area (Å²) in [4.78, 5) is 27.6. The van der Waals surface area contributed by atoms with Crippen molar-refractivity contribution in [3.63, 3.8) is 0 Å². The van der Waals surface area contributed by atoms with Crippen LogP contribution >= 0.6 is 0 Å². The minimum atomic E-state index is -0.922. The number of carboxylic acids is 1. The second-order valence-electron chi connectivity index (χ2n) is 7.98. The standard InChI is InChI=1S/C21H27N5O3/c1-3-16-4-5-17(13-22)26(16)19(27)14-24-21(2)7-10-25(11-8-21)18-12-15(20(28)29)6-9-23-18/h1,6,12,16-17,23-24H,4-5,7-11,14H2,2H3,(H,28,29). The number of likely N-dealkylation sites (tertiary alicyclic amines) is 2. The lowest BCUT2D eigenvalue weighted by molar-refractivity contribution is -0.132. The number of nitrogens with zero attached hydrogens (tertiary/aromatic N) is 3. The molecule has 0 aromatic heterocycles. The van der Waals surface area contributed by atoms with E-state index in [0.29, 0.717) is 25.0 Å². The molecule has 0 aliphatic carbocycles. The molecular weight excluding hydrogens is 370 g/mol. The van der Waals surface area contributed by atoms with Gasteiger partial charge < -0.3 is 25.5 Å². The Labute approximate surface area is 171 Å². The van der Waals surface area contributed by atoms with Crippen molar-refractivity contribution in [1.82, 2.24) is 20.4 Å². The SMILES string of the molecule is C#CC1CCC(C#N)N1C(=O)CNC1(C)CCN(C2=CC(C(=O)O)=CCN2)CC1. The molecule has 0 spiro atoms. The van der Waals surface area contributed by atoms with Crippen LogP contribution in [0.25, 0.3) is 0 Å². The van der Waals surface area contributed by atoms with E-state index in [9.17, 15) is 20.0 Å². The maximum absolute atomic E-state index is 12.7. The number of hydrogen-bond acceptors (Lipinski definition) is 6. The predicted molar refractivity (Wildman–Crippen MR) is 107 cm³/mol. The molecule has 154 valence electrons. The molecule has 0 aromatic rings. The van der Waals surface area contributed by atoms with Crippen LogP contribution in [0.15, 0.2) is 23.5 Å². The molecule has 3 rings (SSSR count). The van der Waals surface area contributed by atoms with Gasteiger partial charge in [0.25, 0.3) is 0 Å². The highest BCUT2D eigenvalue weighted by molar-refractivity contribution is 5.90. The second-order valence-corrected chi connectivity index (χ2v) is 7.98. The number of carbonyl (C=O) groups excluding carboxylic acids is 1. The summed E-state index contributed by atoms with van der Waals surface area (Å²) in [6.45, 7) is 4.25. The topological polar surface area (TPSA) is 109 Å². The van der Waals surface area contributed by atoms with Crippen LogP contribution in [0.3, 0.4) is 0 Å². The number of aliphatic carboxylic acids is 1. The Kier molecular flexibility index (Phi) is 6.14. The van der Waals surface area contributed by atoms with Gasteiger partial charge in [-0.15, -0.1) is 6.42 Å². The van der Waals surface area contributed by atoms with Gasteiger partial charge in [-0.05, 0) is 38.7 Å². The van der Waals surface area contributed by atoms with Crippen molar-refractivity contribution in [3.05, 3.63) is 23.5 Å². The van der Waals surface area contributed by atoms with E-state index < -0.39 is 12.0 Å². The molecule has 2 fully saturated rings. The number of carboxylic acid groups (broad SMARTS) is 1. The number of nitrogens with one attached hydrogen (secondary N) is 2. The van der Waals surface area contributed by atoms with Gasteiger partial charge in [-0.2, -0.15) is 5.26 Å². The third-order valence-corrected chi connectivity index (χ3v) is 6.03. The largest absolute Gasteiger partial charge is 0.478 e. The summed E-state index contributed by atoms with van der Waals surface area (Å²) in [6, 6.07) is 1.43. The lowest BCUT2D eigenvalue weighted by Crippen LogP contribution is -2.55. The molecule has 3 aliphatic rings. The summed E-state index contributed by atoms with van der Waals surface area (Å²) in [5.41, 5.74) is 0.0944. The number of dihydropyridines is 1. The Morgan fingerprint density at radius 3 is 2.69 bits per heavy atom. The summed E-state index contributed by atoms with van der Waals surface area (Å²) in [7, 11) is 0. The van der Waals surface area contributed by atoms with Crippen molar-refractivity contribution in [3.8, 4) is 18.4 Å². The van der Waals surface area contributed by atoms with E-state index >= 15 is 0 Å². The first-order chi connectivity index (χ1) is 13.9. The van der Waals surface area contributed by atoms with Crippen LogP contribution in [0.2, 0.25) is 0 Å². The lowest BCUT2D eigenvalue weighted by Gasteiger charge is -2.42. The van der Waals surface area contributed by atoms with Crippen molar-refractivity contribution in [2.75, 3.05) is 26.2 Å². The van der Waals surface area contributed by atoms with Crippen LogP contribution in [-0.2, 0) is 9.59 Å². The summed E-state index contributed by atoms with van der Waals surface area (Å²) in [5.74, 6) is 2.39. The van der Waals surface area contributed by atoms with Gasteiger partial charge >= 0.3 is 5.97 Å². The quantitative estimate of drug-likeness (QED) is 0.576. The predicted octanol–water partition coefficient (Wildman–Crippen LogP) is 0.402. The fourth-order valence-electron chi connectivity index (χ4n) is 4.12. The zero-order valence-electron chi connectivity index (χ0n) is 16.6. The maximum atomic E-state index is 12.7. The van der Waals surface area contributed by atoms with Gasteiger partial charge in [-0.1, -0.05) is 12.0 Å². The summed E-state index contributed by atoms with van der Waals surface area (Å²) in [5, 5.41) is 25.1. The maximum Gasteiger partial charge on any atom is 0.335 e. The van der Waals surface area contributed by atoms with E-state index in [4.69, 9.17) is 6.42 Å². The van der Waals surface area contributed by atoms with Gasteiger partial charge in [-0.3, -0.25) is 4.79 Å². The molecule has 3 aliphatic heterocycles. The van der Waals surface area contributed by atoms with Crippen LogP contribution in [0, 0.1) is 23.7 Å². The monoisotopic (exact) mass is 397 g/mol. The molecule has 2 unspecified atom stereocenters. The van der Waals surface area contributed by atoms with E-state index in [-0.39, 0.29) is 24.0 Å². The number of nitriles is 1. The Bertz CT molecular complexity index is 789. The molecule has 3 heterocycles. The van der Waals surface area contributed by atoms with E-state index in [1.54, 1.807) is 17.1 Å². The highest BCUT2D eigenvalue weighted by atomic mass is 16.4. The Hall–Kier alpha value is -2.97. The first-order valence-corrected chi connectivity index (χ1v) is 9.93. The third kappa shape index (κ3) is 4.55. The molecule has 0 bridgehead atoms. The van der Waals surface area contributed by atoms with Gasteiger partial charge in [0, 0.05) is 25.2 Å². The fraction of sp³-hybridized carbons (Fsp3) is 0.571. The molecule has 2 atom stereocenters. The molecule has 0 aromatic carbocycles. The smallest absolute Gasteiger partial charge is 0.335 e. The Balaban J connectivity index is 1.54. The van der Waals surface area contributed by atoms with Crippen molar-refractivity contribution in [2.45, 2.75) is 50.2 Å². The highest BCUT2D eigenvalue weighted by Crippen LogP contribution is 2.26. The van der Waals surface area contributed by atoms with E-state index in [2.05, 4.69) is 34.4 Å². The number of hydrogen-bond donors (Lipinski definition) is 3. The average Bonchev–Trinajstić information content (AvgIpc) is 3.16. The van der Waals surface area contributed by atoms with Crippen molar-refractivity contribution in [1.29, 1.82) is 5.26 Å². The van der Waals surface area contributed by atoms with Gasteiger partial charge in [0.05, 0.1) is 24.2 Å². The van der Waals surface area contributed by atoms with E-state index in [1.165, 1.54) is 0 Å². The van der Waals surface area contributed by atoms with Crippen molar-refractivity contribution in [2.24, 2.45) is 0 Å². The Morgan fingerprint density at radius 1 is 1.38 bits per heavy atom. The molecular formula is C21H27N5O3. The molecule has 0 radical (unpaired) electrons. The van der Waals surface area contributed by atoms with Crippen molar-refractivity contribution >= 4 is 11.9 Å². The molecule has 2 saturated heterocycles. The highest BCUT2D eigenvalue weighted by Gasteiger charge is 2.37. The third-order valence-electron chi connectivity index (χ3n) is 6.03. The minimum Gasteiger partial charge on any atom is -0.478 e. The van der Waals surface area contributed by atoms with Gasteiger partial charge in [-0.25, -0.2) is 4.79 Å². The van der Waals surface area contributed by atoms with Crippen LogP contribution in [0.1, 0.15) is 32.6 Å². The molecule has 8 heteroatoms. The summed E-state index contributed by atoms with van der Waals surface area (Å²) < 4.78 is 0. The first-order valence-electron chi connectivity index (χ1n) is 9.93.